The van der Waals surface area contributed by atoms with Gasteiger partial charge in [-0.25, -0.2) is 10.9 Å². The van der Waals surface area contributed by atoms with Gasteiger partial charge in [-0.15, -0.1) is 0 Å². The minimum absolute atomic E-state index is 0.0177. The highest BCUT2D eigenvalue weighted by atomic mass is 35.5. The number of carbonyl (C=O) groups is 1. The Kier molecular flexibility index (Phi) is 5.32. The second-order valence-electron chi connectivity index (χ2n) is 5.70. The Hall–Kier alpha value is -2.12. The van der Waals surface area contributed by atoms with E-state index in [1.54, 1.807) is 11.9 Å². The van der Waals surface area contributed by atoms with E-state index in [-0.39, 0.29) is 12.1 Å². The molecule has 2 unspecified atom stereocenters. The lowest BCUT2D eigenvalue weighted by molar-refractivity contribution is -0.132. The van der Waals surface area contributed by atoms with Crippen LogP contribution in [0.1, 0.15) is 5.56 Å². The van der Waals surface area contributed by atoms with Gasteiger partial charge in [0.2, 0.25) is 5.91 Å². The number of rotatable bonds is 5. The first-order valence-corrected chi connectivity index (χ1v) is 8.08. The Morgan fingerprint density at radius 2 is 1.96 bits per heavy atom. The van der Waals surface area contributed by atoms with E-state index in [0.717, 1.165) is 11.3 Å². The first-order valence-electron chi connectivity index (χ1n) is 7.70. The lowest BCUT2D eigenvalue weighted by atomic mass is 10.1. The summed E-state index contributed by atoms with van der Waals surface area (Å²) in [6, 6.07) is 16.8. The van der Waals surface area contributed by atoms with Crippen LogP contribution in [0.3, 0.4) is 0 Å². The first kappa shape index (κ1) is 16.7. The van der Waals surface area contributed by atoms with Crippen molar-refractivity contribution in [2.75, 3.05) is 12.4 Å². The maximum absolute atomic E-state index is 12.7. The highest BCUT2D eigenvalue weighted by Gasteiger charge is 2.34. The van der Waals surface area contributed by atoms with Crippen molar-refractivity contribution < 1.29 is 4.79 Å². The summed E-state index contributed by atoms with van der Waals surface area (Å²) in [6.45, 7) is 0.557. The van der Waals surface area contributed by atoms with Crippen LogP contribution in [-0.4, -0.2) is 30.1 Å². The van der Waals surface area contributed by atoms with Gasteiger partial charge in [0.05, 0.1) is 0 Å². The normalized spacial score (nSPS) is 19.9. The van der Waals surface area contributed by atoms with Crippen LogP contribution in [0.25, 0.3) is 0 Å². The zero-order valence-electron chi connectivity index (χ0n) is 13.3. The summed E-state index contributed by atoms with van der Waals surface area (Å²) in [5.41, 5.74) is 10.7. The topological polar surface area (TPSA) is 68.4 Å². The van der Waals surface area contributed by atoms with Gasteiger partial charge in [-0.05, 0) is 23.8 Å². The van der Waals surface area contributed by atoms with Crippen molar-refractivity contribution in [3.8, 4) is 0 Å². The standard InChI is InChI=1S/C17H20ClN5O/c1-23(11-12-6-3-2-4-7-12)17(24)15-16(21-22-20-15)19-14-9-5-8-13(18)10-14/h2-10,15-16,19-22H,11H2,1H3. The van der Waals surface area contributed by atoms with E-state index in [1.807, 2.05) is 54.6 Å². The molecule has 2 aromatic carbocycles. The van der Waals surface area contributed by atoms with Crippen molar-refractivity contribution in [3.05, 3.63) is 65.2 Å². The third kappa shape index (κ3) is 4.04. The van der Waals surface area contributed by atoms with E-state index in [2.05, 4.69) is 21.7 Å². The number of benzene rings is 2. The summed E-state index contributed by atoms with van der Waals surface area (Å²) < 4.78 is 0. The van der Waals surface area contributed by atoms with Gasteiger partial charge in [0, 0.05) is 24.3 Å². The fourth-order valence-corrected chi connectivity index (χ4v) is 2.81. The van der Waals surface area contributed by atoms with Crippen LogP contribution in [-0.2, 0) is 11.3 Å². The van der Waals surface area contributed by atoms with Crippen LogP contribution in [0.15, 0.2) is 54.6 Å². The van der Waals surface area contributed by atoms with E-state index < -0.39 is 6.04 Å². The number of hydrazine groups is 2. The number of hydrogen-bond acceptors (Lipinski definition) is 5. The molecule has 1 aliphatic rings. The number of anilines is 1. The fourth-order valence-electron chi connectivity index (χ4n) is 2.62. The Morgan fingerprint density at radius 1 is 1.17 bits per heavy atom. The van der Waals surface area contributed by atoms with E-state index in [1.165, 1.54) is 0 Å². The molecule has 126 valence electrons. The predicted octanol–water partition coefficient (Wildman–Crippen LogP) is 1.72. The van der Waals surface area contributed by atoms with Crippen LogP contribution < -0.4 is 21.7 Å². The molecule has 1 heterocycles. The SMILES string of the molecule is CN(Cc1ccccc1)C(=O)C1NNNC1Nc1cccc(Cl)c1. The number of nitrogens with zero attached hydrogens (tertiary/aromatic N) is 1. The molecule has 24 heavy (non-hydrogen) atoms. The second-order valence-corrected chi connectivity index (χ2v) is 6.14. The molecule has 0 spiro atoms. The van der Waals surface area contributed by atoms with Gasteiger partial charge in [0.15, 0.2) is 0 Å². The number of hydrogen-bond donors (Lipinski definition) is 4. The molecule has 1 amide bonds. The minimum Gasteiger partial charge on any atom is -0.367 e. The Bertz CT molecular complexity index is 696. The molecule has 0 radical (unpaired) electrons. The van der Waals surface area contributed by atoms with E-state index >= 15 is 0 Å². The zero-order chi connectivity index (χ0) is 16.9. The molecular formula is C17H20ClN5O. The third-order valence-electron chi connectivity index (χ3n) is 3.84. The number of carbonyl (C=O) groups excluding carboxylic acids is 1. The highest BCUT2D eigenvalue weighted by molar-refractivity contribution is 6.30. The Morgan fingerprint density at radius 3 is 2.71 bits per heavy atom. The van der Waals surface area contributed by atoms with Crippen molar-refractivity contribution in [1.29, 1.82) is 0 Å². The molecular weight excluding hydrogens is 326 g/mol. The van der Waals surface area contributed by atoms with Crippen LogP contribution in [0.5, 0.6) is 0 Å². The Labute approximate surface area is 146 Å². The van der Waals surface area contributed by atoms with E-state index in [0.29, 0.717) is 11.6 Å². The third-order valence-corrected chi connectivity index (χ3v) is 4.08. The lowest BCUT2D eigenvalue weighted by Gasteiger charge is -2.25. The van der Waals surface area contributed by atoms with E-state index in [9.17, 15) is 4.79 Å². The van der Waals surface area contributed by atoms with Gasteiger partial charge >= 0.3 is 0 Å². The maximum atomic E-state index is 12.7. The first-order chi connectivity index (χ1) is 11.6. The van der Waals surface area contributed by atoms with E-state index in [4.69, 9.17) is 11.6 Å². The molecule has 1 fully saturated rings. The molecule has 0 aliphatic carbocycles. The summed E-state index contributed by atoms with van der Waals surface area (Å²) in [5.74, 6) is -0.0177. The van der Waals surface area contributed by atoms with Crippen molar-refractivity contribution in [2.24, 2.45) is 0 Å². The number of nitrogens with one attached hydrogen (secondary N) is 4. The van der Waals surface area contributed by atoms with Gasteiger partial charge in [-0.1, -0.05) is 48.0 Å². The van der Waals surface area contributed by atoms with Crippen molar-refractivity contribution >= 4 is 23.2 Å². The van der Waals surface area contributed by atoms with Crippen LogP contribution in [0, 0.1) is 0 Å². The number of likely N-dealkylation sites (N-methyl/N-ethyl adjacent to an activating group) is 1. The zero-order valence-corrected chi connectivity index (χ0v) is 14.0. The summed E-state index contributed by atoms with van der Waals surface area (Å²) >= 11 is 6.00. The monoisotopic (exact) mass is 345 g/mol. The average Bonchev–Trinajstić information content (AvgIpc) is 3.03. The second kappa shape index (κ2) is 7.63. The molecule has 6 nitrogen and oxygen atoms in total. The minimum atomic E-state index is -0.447. The maximum Gasteiger partial charge on any atom is 0.244 e. The quantitative estimate of drug-likeness (QED) is 0.664. The van der Waals surface area contributed by atoms with Gasteiger partial charge in [-0.3, -0.25) is 4.79 Å². The molecule has 7 heteroatoms. The molecule has 2 aromatic rings. The summed E-state index contributed by atoms with van der Waals surface area (Å²) in [5, 5.41) is 3.91. The van der Waals surface area contributed by atoms with Crippen molar-refractivity contribution in [1.82, 2.24) is 21.3 Å². The molecule has 0 bridgehead atoms. The average molecular weight is 346 g/mol. The summed E-state index contributed by atoms with van der Waals surface area (Å²) in [4.78, 5) is 14.4. The van der Waals surface area contributed by atoms with Crippen molar-refractivity contribution in [3.63, 3.8) is 0 Å². The molecule has 2 atom stereocenters. The largest absolute Gasteiger partial charge is 0.367 e. The number of amides is 1. The molecule has 0 aromatic heterocycles. The Balaban J connectivity index is 1.64. The smallest absolute Gasteiger partial charge is 0.244 e. The molecule has 3 rings (SSSR count). The molecule has 1 aliphatic heterocycles. The van der Waals surface area contributed by atoms with Gasteiger partial charge < -0.3 is 10.2 Å². The summed E-state index contributed by atoms with van der Waals surface area (Å²) in [6.07, 6.45) is -0.297. The molecule has 0 saturated carbocycles. The van der Waals surface area contributed by atoms with Crippen LogP contribution >= 0.6 is 11.6 Å². The molecule has 1 saturated heterocycles. The van der Waals surface area contributed by atoms with Gasteiger partial charge in [0.25, 0.3) is 0 Å². The van der Waals surface area contributed by atoms with Crippen LogP contribution in [0.4, 0.5) is 5.69 Å². The van der Waals surface area contributed by atoms with Crippen LogP contribution in [0.2, 0.25) is 5.02 Å². The lowest BCUT2D eigenvalue weighted by Crippen LogP contribution is -2.50. The molecule has 4 N–H and O–H groups in total. The fraction of sp³-hybridized carbons (Fsp3) is 0.235. The summed E-state index contributed by atoms with van der Waals surface area (Å²) in [7, 11) is 1.80. The van der Waals surface area contributed by atoms with Gasteiger partial charge in [0.1, 0.15) is 12.2 Å². The van der Waals surface area contributed by atoms with Crippen molar-refractivity contribution in [2.45, 2.75) is 18.8 Å². The number of halogens is 1. The van der Waals surface area contributed by atoms with Gasteiger partial charge in [-0.2, -0.15) is 5.53 Å². The predicted molar refractivity (Wildman–Crippen MR) is 95.0 cm³/mol. The highest BCUT2D eigenvalue weighted by Crippen LogP contribution is 2.17.